The minimum absolute atomic E-state index is 0.121. The van der Waals surface area contributed by atoms with Crippen LogP contribution in [0, 0.1) is 17.0 Å². The van der Waals surface area contributed by atoms with E-state index in [2.05, 4.69) is 28.2 Å². The van der Waals surface area contributed by atoms with Crippen LogP contribution < -0.4 is 11.1 Å². The lowest BCUT2D eigenvalue weighted by Crippen LogP contribution is -2.28. The van der Waals surface area contributed by atoms with Crippen LogP contribution in [0.25, 0.3) is 0 Å². The highest BCUT2D eigenvalue weighted by molar-refractivity contribution is 9.10. The van der Waals surface area contributed by atoms with E-state index in [9.17, 15) is 10.1 Å². The fourth-order valence-corrected chi connectivity index (χ4v) is 2.34. The Kier molecular flexibility index (Phi) is 6.24. The Morgan fingerprint density at radius 3 is 2.74 bits per heavy atom. The first-order valence-electron chi connectivity index (χ1n) is 6.40. The van der Waals surface area contributed by atoms with Gasteiger partial charge in [-0.1, -0.05) is 19.8 Å². The zero-order chi connectivity index (χ0) is 14.4. The summed E-state index contributed by atoms with van der Waals surface area (Å²) in [6.07, 6.45) is 3.23. The molecule has 1 aromatic carbocycles. The highest BCUT2D eigenvalue weighted by Crippen LogP contribution is 2.31. The van der Waals surface area contributed by atoms with Crippen molar-refractivity contribution >= 4 is 27.3 Å². The second-order valence-electron chi connectivity index (χ2n) is 4.59. The van der Waals surface area contributed by atoms with Crippen molar-refractivity contribution in [3.8, 4) is 0 Å². The number of anilines is 1. The van der Waals surface area contributed by atoms with Gasteiger partial charge < -0.3 is 11.1 Å². The number of hydrogen-bond acceptors (Lipinski definition) is 4. The average molecular weight is 330 g/mol. The maximum atomic E-state index is 10.8. The van der Waals surface area contributed by atoms with Gasteiger partial charge in [-0.2, -0.15) is 0 Å². The van der Waals surface area contributed by atoms with Gasteiger partial charge in [-0.05, 0) is 35.3 Å². The normalized spacial score (nSPS) is 12.2. The molecule has 0 spiro atoms. The van der Waals surface area contributed by atoms with Gasteiger partial charge in [-0.3, -0.25) is 10.1 Å². The fraction of sp³-hybridized carbons (Fsp3) is 0.538. The molecule has 0 aliphatic rings. The number of unbranched alkanes of at least 4 members (excludes halogenated alkanes) is 1. The van der Waals surface area contributed by atoms with Gasteiger partial charge in [-0.25, -0.2) is 0 Å². The minimum Gasteiger partial charge on any atom is -0.380 e. The number of hydrogen-bond donors (Lipinski definition) is 2. The molecule has 1 rings (SSSR count). The van der Waals surface area contributed by atoms with Crippen LogP contribution in [0.1, 0.15) is 31.7 Å². The van der Waals surface area contributed by atoms with E-state index in [0.29, 0.717) is 16.6 Å². The zero-order valence-corrected chi connectivity index (χ0v) is 12.9. The summed E-state index contributed by atoms with van der Waals surface area (Å²) in [6, 6.07) is 3.51. The summed E-state index contributed by atoms with van der Waals surface area (Å²) in [5.41, 5.74) is 7.36. The van der Waals surface area contributed by atoms with Crippen LogP contribution in [-0.4, -0.2) is 17.5 Å². The number of nitrogens with zero attached hydrogens (tertiary/aromatic N) is 1. The Morgan fingerprint density at radius 1 is 1.53 bits per heavy atom. The summed E-state index contributed by atoms with van der Waals surface area (Å²) >= 11 is 3.37. The Morgan fingerprint density at radius 2 is 2.21 bits per heavy atom. The maximum absolute atomic E-state index is 10.8. The average Bonchev–Trinajstić information content (AvgIpc) is 2.37. The highest BCUT2D eigenvalue weighted by Gasteiger charge is 2.15. The van der Waals surface area contributed by atoms with E-state index < -0.39 is 0 Å². The van der Waals surface area contributed by atoms with Gasteiger partial charge in [0.2, 0.25) is 0 Å². The molecule has 0 bridgehead atoms. The van der Waals surface area contributed by atoms with Gasteiger partial charge in [0.05, 0.1) is 4.92 Å². The van der Waals surface area contributed by atoms with Crippen molar-refractivity contribution < 1.29 is 4.92 Å². The number of nitrogens with one attached hydrogen (secondary N) is 1. The summed E-state index contributed by atoms with van der Waals surface area (Å²) in [5.74, 6) is 0. The zero-order valence-electron chi connectivity index (χ0n) is 11.3. The summed E-state index contributed by atoms with van der Waals surface area (Å²) in [5, 5.41) is 14.2. The first-order chi connectivity index (χ1) is 8.99. The predicted molar refractivity (Wildman–Crippen MR) is 81.5 cm³/mol. The van der Waals surface area contributed by atoms with Gasteiger partial charge in [0.25, 0.3) is 5.69 Å². The van der Waals surface area contributed by atoms with Crippen molar-refractivity contribution in [3.63, 3.8) is 0 Å². The second kappa shape index (κ2) is 7.45. The third-order valence-corrected chi connectivity index (χ3v) is 3.69. The summed E-state index contributed by atoms with van der Waals surface area (Å²) < 4.78 is 0.694. The quantitative estimate of drug-likeness (QED) is 0.591. The monoisotopic (exact) mass is 329 g/mol. The Labute approximate surface area is 121 Å². The summed E-state index contributed by atoms with van der Waals surface area (Å²) in [4.78, 5) is 10.5. The Hall–Kier alpha value is -1.14. The van der Waals surface area contributed by atoms with Gasteiger partial charge in [0, 0.05) is 34.4 Å². The van der Waals surface area contributed by atoms with Crippen molar-refractivity contribution in [3.05, 3.63) is 32.3 Å². The van der Waals surface area contributed by atoms with Crippen LogP contribution in [-0.2, 0) is 0 Å². The number of benzene rings is 1. The molecule has 106 valence electrons. The highest BCUT2D eigenvalue weighted by atomic mass is 79.9. The standard InChI is InChI=1S/C13H20BrN3O2/c1-3-4-5-10(8-15)16-12-6-9(2)13(17(18)19)7-11(12)14/h6-7,10,16H,3-5,8,15H2,1-2H3. The van der Waals surface area contributed by atoms with E-state index in [-0.39, 0.29) is 16.7 Å². The van der Waals surface area contributed by atoms with Gasteiger partial charge in [0.1, 0.15) is 0 Å². The van der Waals surface area contributed by atoms with Crippen molar-refractivity contribution in [2.45, 2.75) is 39.2 Å². The van der Waals surface area contributed by atoms with E-state index >= 15 is 0 Å². The van der Waals surface area contributed by atoms with Crippen LogP contribution in [0.4, 0.5) is 11.4 Å². The van der Waals surface area contributed by atoms with Gasteiger partial charge in [0.15, 0.2) is 0 Å². The predicted octanol–water partition coefficient (Wildman–Crippen LogP) is 3.60. The number of nitrogens with two attached hydrogens (primary N) is 1. The topological polar surface area (TPSA) is 81.2 Å². The maximum Gasteiger partial charge on any atom is 0.273 e. The number of nitro benzene ring substituents is 1. The van der Waals surface area contributed by atoms with Crippen LogP contribution >= 0.6 is 15.9 Å². The molecular weight excluding hydrogens is 310 g/mol. The molecule has 0 aliphatic carbocycles. The van der Waals surface area contributed by atoms with E-state index in [4.69, 9.17) is 5.73 Å². The fourth-order valence-electron chi connectivity index (χ4n) is 1.90. The largest absolute Gasteiger partial charge is 0.380 e. The molecule has 0 radical (unpaired) electrons. The third kappa shape index (κ3) is 4.47. The molecule has 1 atom stereocenters. The van der Waals surface area contributed by atoms with E-state index in [1.54, 1.807) is 13.0 Å². The van der Waals surface area contributed by atoms with Crippen LogP contribution in [0.15, 0.2) is 16.6 Å². The molecule has 0 saturated carbocycles. The smallest absolute Gasteiger partial charge is 0.273 e. The summed E-state index contributed by atoms with van der Waals surface area (Å²) in [6.45, 7) is 4.42. The Balaban J connectivity index is 2.89. The number of rotatable bonds is 7. The van der Waals surface area contributed by atoms with E-state index in [0.717, 1.165) is 24.9 Å². The first kappa shape index (κ1) is 15.9. The van der Waals surface area contributed by atoms with Crippen molar-refractivity contribution in [1.29, 1.82) is 0 Å². The minimum atomic E-state index is -0.374. The van der Waals surface area contributed by atoms with Gasteiger partial charge in [-0.15, -0.1) is 0 Å². The molecule has 3 N–H and O–H groups in total. The lowest BCUT2D eigenvalue weighted by Gasteiger charge is -2.19. The molecule has 0 aliphatic heterocycles. The van der Waals surface area contributed by atoms with E-state index in [1.807, 2.05) is 0 Å². The van der Waals surface area contributed by atoms with E-state index in [1.165, 1.54) is 6.07 Å². The lowest BCUT2D eigenvalue weighted by molar-refractivity contribution is -0.385. The Bertz CT molecular complexity index is 452. The summed E-state index contributed by atoms with van der Waals surface area (Å²) in [7, 11) is 0. The first-order valence-corrected chi connectivity index (χ1v) is 7.20. The molecule has 0 aromatic heterocycles. The second-order valence-corrected chi connectivity index (χ2v) is 5.45. The number of aryl methyl sites for hydroxylation is 1. The molecule has 0 heterocycles. The molecule has 0 fully saturated rings. The van der Waals surface area contributed by atoms with Crippen LogP contribution in [0.5, 0.6) is 0 Å². The van der Waals surface area contributed by atoms with Crippen LogP contribution in [0.2, 0.25) is 0 Å². The number of halogens is 1. The molecule has 0 saturated heterocycles. The van der Waals surface area contributed by atoms with Gasteiger partial charge >= 0.3 is 0 Å². The molecular formula is C13H20BrN3O2. The van der Waals surface area contributed by atoms with Crippen molar-refractivity contribution in [1.82, 2.24) is 0 Å². The molecule has 0 amide bonds. The lowest BCUT2D eigenvalue weighted by atomic mass is 10.1. The van der Waals surface area contributed by atoms with Crippen molar-refractivity contribution in [2.24, 2.45) is 5.73 Å². The molecule has 19 heavy (non-hydrogen) atoms. The number of nitro groups is 1. The SMILES string of the molecule is CCCCC(CN)Nc1cc(C)c([N+](=O)[O-])cc1Br. The molecule has 5 nitrogen and oxygen atoms in total. The van der Waals surface area contributed by atoms with Crippen molar-refractivity contribution in [2.75, 3.05) is 11.9 Å². The van der Waals surface area contributed by atoms with Crippen LogP contribution in [0.3, 0.4) is 0 Å². The molecule has 6 heteroatoms. The molecule has 1 aromatic rings. The molecule has 1 unspecified atom stereocenters. The third-order valence-electron chi connectivity index (χ3n) is 3.03.